The predicted octanol–water partition coefficient (Wildman–Crippen LogP) is 0.115. The molecular formula is C19H26N5O+. The van der Waals surface area contributed by atoms with Gasteiger partial charge in [0.2, 0.25) is 5.95 Å². The largest absolute Gasteiger partial charge is 0.347 e. The molecule has 0 spiro atoms. The number of aryl methyl sites for hydroxylation is 2. The van der Waals surface area contributed by atoms with Crippen LogP contribution >= 0.6 is 0 Å². The van der Waals surface area contributed by atoms with Crippen molar-refractivity contribution in [2.24, 2.45) is 0 Å². The van der Waals surface area contributed by atoms with Crippen LogP contribution in [0, 0.1) is 13.8 Å². The van der Waals surface area contributed by atoms with Crippen molar-refractivity contribution in [2.45, 2.75) is 20.4 Å². The summed E-state index contributed by atoms with van der Waals surface area (Å²) in [7, 11) is 0. The maximum absolute atomic E-state index is 12.2. The molecule has 1 fully saturated rings. The van der Waals surface area contributed by atoms with E-state index >= 15 is 0 Å². The Morgan fingerprint density at radius 1 is 1.12 bits per heavy atom. The molecule has 132 valence electrons. The van der Waals surface area contributed by atoms with Crippen LogP contribution in [0.2, 0.25) is 0 Å². The number of rotatable bonds is 5. The maximum atomic E-state index is 12.2. The quantitative estimate of drug-likeness (QED) is 0.811. The van der Waals surface area contributed by atoms with E-state index in [1.165, 1.54) is 4.90 Å². The van der Waals surface area contributed by atoms with E-state index in [0.717, 1.165) is 49.1 Å². The second kappa shape index (κ2) is 8.07. The monoisotopic (exact) mass is 340 g/mol. The normalized spacial score (nSPS) is 15.2. The lowest BCUT2D eigenvalue weighted by Gasteiger charge is -2.32. The van der Waals surface area contributed by atoms with Crippen LogP contribution in [-0.4, -0.2) is 48.6 Å². The summed E-state index contributed by atoms with van der Waals surface area (Å²) >= 11 is 0. The van der Waals surface area contributed by atoms with Crippen molar-refractivity contribution in [1.29, 1.82) is 0 Å². The molecule has 0 unspecified atom stereocenters. The molecule has 6 nitrogen and oxygen atoms in total. The van der Waals surface area contributed by atoms with Crippen LogP contribution in [0.5, 0.6) is 0 Å². The first-order chi connectivity index (χ1) is 12.1. The van der Waals surface area contributed by atoms with Crippen molar-refractivity contribution in [3.63, 3.8) is 0 Å². The summed E-state index contributed by atoms with van der Waals surface area (Å²) < 4.78 is 0. The Morgan fingerprint density at radius 3 is 2.40 bits per heavy atom. The topological polar surface area (TPSA) is 62.6 Å². The van der Waals surface area contributed by atoms with E-state index in [1.54, 1.807) is 0 Å². The van der Waals surface area contributed by atoms with Gasteiger partial charge in [-0.15, -0.1) is 0 Å². The molecule has 1 aliphatic rings. The fourth-order valence-electron chi connectivity index (χ4n) is 3.13. The molecule has 0 atom stereocenters. The number of aromatic nitrogens is 2. The molecule has 0 bridgehead atoms. The zero-order valence-electron chi connectivity index (χ0n) is 15.0. The lowest BCUT2D eigenvalue weighted by Crippen LogP contribution is -3.16. The Kier molecular flexibility index (Phi) is 5.60. The first kappa shape index (κ1) is 17.4. The fraction of sp³-hybridized carbons (Fsp3) is 0.421. The zero-order chi connectivity index (χ0) is 17.6. The minimum atomic E-state index is 0.106. The molecule has 1 aromatic heterocycles. The van der Waals surface area contributed by atoms with Crippen molar-refractivity contribution in [1.82, 2.24) is 15.3 Å². The van der Waals surface area contributed by atoms with Gasteiger partial charge >= 0.3 is 0 Å². The number of piperazine rings is 1. The molecule has 2 heterocycles. The SMILES string of the molecule is Cc1cc(C)nc(N2CC[NH+](CC(=O)NCc3ccccc3)CC2)n1. The van der Waals surface area contributed by atoms with Gasteiger partial charge in [-0.2, -0.15) is 0 Å². The standard InChI is InChI=1S/C19H25N5O/c1-15-12-16(2)22-19(21-15)24-10-8-23(9-11-24)14-18(25)20-13-17-6-4-3-5-7-17/h3-7,12H,8-11,13-14H2,1-2H3,(H,20,25)/p+1. The second-order valence-corrected chi connectivity index (χ2v) is 6.63. The Bertz CT molecular complexity index is 691. The van der Waals surface area contributed by atoms with Gasteiger partial charge in [0.15, 0.2) is 6.54 Å². The van der Waals surface area contributed by atoms with Crippen LogP contribution in [0.1, 0.15) is 17.0 Å². The number of carbonyl (C=O) groups excluding carboxylic acids is 1. The van der Waals surface area contributed by atoms with E-state index in [2.05, 4.69) is 20.2 Å². The molecule has 6 heteroatoms. The van der Waals surface area contributed by atoms with Gasteiger partial charge in [0, 0.05) is 17.9 Å². The van der Waals surface area contributed by atoms with Crippen molar-refractivity contribution < 1.29 is 9.69 Å². The minimum absolute atomic E-state index is 0.106. The Balaban J connectivity index is 1.45. The van der Waals surface area contributed by atoms with Crippen LogP contribution in [0.25, 0.3) is 0 Å². The average molecular weight is 340 g/mol. The number of quaternary nitrogens is 1. The molecule has 0 saturated carbocycles. The van der Waals surface area contributed by atoms with Crippen LogP contribution in [0.15, 0.2) is 36.4 Å². The van der Waals surface area contributed by atoms with Gasteiger partial charge in [-0.05, 0) is 25.5 Å². The summed E-state index contributed by atoms with van der Waals surface area (Å²) in [6.45, 7) is 8.72. The summed E-state index contributed by atoms with van der Waals surface area (Å²) in [5, 5.41) is 3.01. The van der Waals surface area contributed by atoms with Gasteiger partial charge in [0.05, 0.1) is 26.2 Å². The molecule has 1 saturated heterocycles. The third-order valence-corrected chi connectivity index (χ3v) is 4.47. The highest BCUT2D eigenvalue weighted by Gasteiger charge is 2.23. The van der Waals surface area contributed by atoms with Gasteiger partial charge < -0.3 is 15.1 Å². The Hall–Kier alpha value is -2.47. The summed E-state index contributed by atoms with van der Waals surface area (Å²) in [4.78, 5) is 24.7. The van der Waals surface area contributed by atoms with E-state index < -0.39 is 0 Å². The number of nitrogens with zero attached hydrogens (tertiary/aromatic N) is 3. The van der Waals surface area contributed by atoms with Crippen LogP contribution in [0.4, 0.5) is 5.95 Å². The zero-order valence-corrected chi connectivity index (χ0v) is 15.0. The molecule has 2 aromatic rings. The van der Waals surface area contributed by atoms with E-state index in [4.69, 9.17) is 0 Å². The molecule has 1 aliphatic heterocycles. The number of anilines is 1. The predicted molar refractivity (Wildman–Crippen MR) is 97.6 cm³/mol. The second-order valence-electron chi connectivity index (χ2n) is 6.63. The van der Waals surface area contributed by atoms with Crippen LogP contribution in [0.3, 0.4) is 0 Å². The Labute approximate surface area is 148 Å². The molecule has 2 N–H and O–H groups in total. The Morgan fingerprint density at radius 2 is 1.76 bits per heavy atom. The molecule has 3 rings (SSSR count). The van der Waals surface area contributed by atoms with Gasteiger partial charge in [0.25, 0.3) is 5.91 Å². The number of carbonyl (C=O) groups is 1. The highest BCUT2D eigenvalue weighted by atomic mass is 16.2. The van der Waals surface area contributed by atoms with Gasteiger partial charge in [-0.25, -0.2) is 9.97 Å². The number of hydrogen-bond acceptors (Lipinski definition) is 4. The molecule has 0 radical (unpaired) electrons. The summed E-state index contributed by atoms with van der Waals surface area (Å²) in [5.41, 5.74) is 3.12. The van der Waals surface area contributed by atoms with Crippen molar-refractivity contribution in [3.8, 4) is 0 Å². The van der Waals surface area contributed by atoms with Crippen molar-refractivity contribution >= 4 is 11.9 Å². The third-order valence-electron chi connectivity index (χ3n) is 4.47. The molecule has 1 amide bonds. The summed E-state index contributed by atoms with van der Waals surface area (Å²) in [6.07, 6.45) is 0. The number of amides is 1. The van der Waals surface area contributed by atoms with Crippen molar-refractivity contribution in [2.75, 3.05) is 37.6 Å². The van der Waals surface area contributed by atoms with E-state index in [1.807, 2.05) is 50.2 Å². The highest BCUT2D eigenvalue weighted by molar-refractivity contribution is 5.76. The van der Waals surface area contributed by atoms with Crippen LogP contribution < -0.4 is 15.1 Å². The number of nitrogens with one attached hydrogen (secondary N) is 2. The summed E-state index contributed by atoms with van der Waals surface area (Å²) in [6, 6.07) is 12.0. The van der Waals surface area contributed by atoms with Crippen LogP contribution in [-0.2, 0) is 11.3 Å². The first-order valence-electron chi connectivity index (χ1n) is 8.81. The minimum Gasteiger partial charge on any atom is -0.347 e. The van der Waals surface area contributed by atoms with Gasteiger partial charge in [-0.1, -0.05) is 30.3 Å². The molecule has 1 aromatic carbocycles. The van der Waals surface area contributed by atoms with E-state index in [-0.39, 0.29) is 5.91 Å². The first-order valence-corrected chi connectivity index (χ1v) is 8.81. The lowest BCUT2D eigenvalue weighted by atomic mass is 10.2. The fourth-order valence-corrected chi connectivity index (χ4v) is 3.13. The van der Waals surface area contributed by atoms with E-state index in [9.17, 15) is 4.79 Å². The summed E-state index contributed by atoms with van der Waals surface area (Å²) in [5.74, 6) is 0.917. The average Bonchev–Trinajstić information content (AvgIpc) is 2.61. The van der Waals surface area contributed by atoms with Crippen molar-refractivity contribution in [3.05, 3.63) is 53.3 Å². The maximum Gasteiger partial charge on any atom is 0.275 e. The number of hydrogen-bond donors (Lipinski definition) is 2. The van der Waals surface area contributed by atoms with Gasteiger partial charge in [0.1, 0.15) is 0 Å². The molecule has 0 aliphatic carbocycles. The smallest absolute Gasteiger partial charge is 0.275 e. The highest BCUT2D eigenvalue weighted by Crippen LogP contribution is 2.09. The molecular weight excluding hydrogens is 314 g/mol. The van der Waals surface area contributed by atoms with E-state index in [0.29, 0.717) is 13.1 Å². The number of benzene rings is 1. The molecule has 25 heavy (non-hydrogen) atoms. The lowest BCUT2D eigenvalue weighted by molar-refractivity contribution is -0.892. The third kappa shape index (κ3) is 5.00. The van der Waals surface area contributed by atoms with Gasteiger partial charge in [-0.3, -0.25) is 4.79 Å².